The fourth-order valence-electron chi connectivity index (χ4n) is 2.59. The van der Waals surface area contributed by atoms with Crippen LogP contribution < -0.4 is 5.73 Å². The van der Waals surface area contributed by atoms with Crippen molar-refractivity contribution in [1.82, 2.24) is 4.98 Å². The zero-order valence-electron chi connectivity index (χ0n) is 10.6. The molecular weight excluding hydrogens is 240 g/mol. The number of rotatable bonds is 2. The number of hydrogen-bond donors (Lipinski definition) is 1. The van der Waals surface area contributed by atoms with Gasteiger partial charge in [-0.1, -0.05) is 25.5 Å². The maximum Gasteiger partial charge on any atom is 0.123 e. The van der Waals surface area contributed by atoms with Gasteiger partial charge in [0.25, 0.3) is 0 Å². The Labute approximate surface area is 112 Å². The van der Waals surface area contributed by atoms with Gasteiger partial charge in [0.15, 0.2) is 0 Å². The highest BCUT2D eigenvalue weighted by Gasteiger charge is 2.21. The van der Waals surface area contributed by atoms with Crippen molar-refractivity contribution in [2.45, 2.75) is 32.6 Å². The van der Waals surface area contributed by atoms with Crippen LogP contribution in [-0.2, 0) is 12.8 Å². The second kappa shape index (κ2) is 4.73. The number of hydrogen-bond acceptors (Lipinski definition) is 3. The minimum Gasteiger partial charge on any atom is -0.399 e. The molecule has 3 rings (SSSR count). The number of nitrogen functional groups attached to an aromatic ring is 1. The van der Waals surface area contributed by atoms with Crippen LogP contribution in [-0.4, -0.2) is 4.98 Å². The van der Waals surface area contributed by atoms with Gasteiger partial charge >= 0.3 is 0 Å². The second-order valence-corrected chi connectivity index (χ2v) is 6.12. The lowest BCUT2D eigenvalue weighted by molar-refractivity contribution is 0.446. The molecular formula is C15H18N2S. The zero-order valence-corrected chi connectivity index (χ0v) is 11.5. The van der Waals surface area contributed by atoms with E-state index in [0.29, 0.717) is 0 Å². The van der Waals surface area contributed by atoms with Gasteiger partial charge in [0.2, 0.25) is 0 Å². The summed E-state index contributed by atoms with van der Waals surface area (Å²) in [6.45, 7) is 2.29. The quantitative estimate of drug-likeness (QED) is 0.829. The predicted octanol–water partition coefficient (Wildman–Crippen LogP) is 3.91. The van der Waals surface area contributed by atoms with Crippen molar-refractivity contribution in [1.29, 1.82) is 0 Å². The molecule has 1 aromatic heterocycles. The monoisotopic (exact) mass is 258 g/mol. The number of thiazole rings is 1. The van der Waals surface area contributed by atoms with E-state index in [9.17, 15) is 0 Å². The summed E-state index contributed by atoms with van der Waals surface area (Å²) in [5.41, 5.74) is 9.13. The number of fused-ring (bicyclic) bond motifs is 1. The maximum atomic E-state index is 5.84. The first-order valence-electron chi connectivity index (χ1n) is 6.60. The van der Waals surface area contributed by atoms with Crippen LogP contribution in [0.25, 0.3) is 10.6 Å². The molecule has 1 aromatic carbocycles. The molecule has 1 heterocycles. The molecule has 1 unspecified atom stereocenters. The number of nitrogens with zero attached hydrogens (tertiary/aromatic N) is 1. The SMILES string of the molecule is CCC1CCc2nc(-c3cccc(N)c3)sc2C1. The van der Waals surface area contributed by atoms with E-state index >= 15 is 0 Å². The van der Waals surface area contributed by atoms with Crippen molar-refractivity contribution >= 4 is 17.0 Å². The van der Waals surface area contributed by atoms with E-state index < -0.39 is 0 Å². The summed E-state index contributed by atoms with van der Waals surface area (Å²) in [6, 6.07) is 8.03. The Morgan fingerprint density at radius 3 is 3.11 bits per heavy atom. The van der Waals surface area contributed by atoms with Crippen LogP contribution in [0, 0.1) is 5.92 Å². The first kappa shape index (κ1) is 11.7. The van der Waals surface area contributed by atoms with E-state index in [1.165, 1.54) is 29.8 Å². The lowest BCUT2D eigenvalue weighted by atomic mass is 9.89. The average Bonchev–Trinajstić information content (AvgIpc) is 2.81. The Kier molecular flexibility index (Phi) is 3.08. The number of aryl methyl sites for hydroxylation is 1. The molecule has 1 atom stereocenters. The van der Waals surface area contributed by atoms with E-state index in [2.05, 4.69) is 13.0 Å². The smallest absolute Gasteiger partial charge is 0.123 e. The molecule has 94 valence electrons. The second-order valence-electron chi connectivity index (χ2n) is 5.03. The van der Waals surface area contributed by atoms with Crippen LogP contribution in [0.15, 0.2) is 24.3 Å². The van der Waals surface area contributed by atoms with Gasteiger partial charge in [0, 0.05) is 16.1 Å². The van der Waals surface area contributed by atoms with E-state index in [1.807, 2.05) is 29.5 Å². The number of anilines is 1. The molecule has 2 nitrogen and oxygen atoms in total. The van der Waals surface area contributed by atoms with Gasteiger partial charge in [-0.05, 0) is 37.3 Å². The first-order valence-corrected chi connectivity index (χ1v) is 7.42. The molecule has 3 heteroatoms. The van der Waals surface area contributed by atoms with Crippen LogP contribution in [0.4, 0.5) is 5.69 Å². The minimum atomic E-state index is 0.812. The normalized spacial score (nSPS) is 18.6. The molecule has 0 aliphatic heterocycles. The van der Waals surface area contributed by atoms with Crippen molar-refractivity contribution in [2.24, 2.45) is 5.92 Å². The van der Waals surface area contributed by atoms with Gasteiger partial charge < -0.3 is 5.73 Å². The molecule has 0 spiro atoms. The molecule has 0 amide bonds. The van der Waals surface area contributed by atoms with Crippen molar-refractivity contribution in [3.8, 4) is 10.6 Å². The van der Waals surface area contributed by atoms with Gasteiger partial charge in [0.05, 0.1) is 5.69 Å². The average molecular weight is 258 g/mol. The highest BCUT2D eigenvalue weighted by atomic mass is 32.1. The van der Waals surface area contributed by atoms with Gasteiger partial charge in [-0.25, -0.2) is 4.98 Å². The Morgan fingerprint density at radius 2 is 2.33 bits per heavy atom. The molecule has 0 fully saturated rings. The highest BCUT2D eigenvalue weighted by Crippen LogP contribution is 2.35. The van der Waals surface area contributed by atoms with E-state index in [4.69, 9.17) is 10.7 Å². The third-order valence-corrected chi connectivity index (χ3v) is 4.92. The maximum absolute atomic E-state index is 5.84. The fraction of sp³-hybridized carbons (Fsp3) is 0.400. The Morgan fingerprint density at radius 1 is 1.44 bits per heavy atom. The summed E-state index contributed by atoms with van der Waals surface area (Å²) in [5.74, 6) is 0.853. The summed E-state index contributed by atoms with van der Waals surface area (Å²) in [5, 5.41) is 1.13. The third kappa shape index (κ3) is 2.15. The van der Waals surface area contributed by atoms with Crippen LogP contribution in [0.2, 0.25) is 0 Å². The van der Waals surface area contributed by atoms with Crippen molar-refractivity contribution in [3.63, 3.8) is 0 Å². The summed E-state index contributed by atoms with van der Waals surface area (Å²) in [7, 11) is 0. The summed E-state index contributed by atoms with van der Waals surface area (Å²) < 4.78 is 0. The summed E-state index contributed by atoms with van der Waals surface area (Å²) in [4.78, 5) is 6.29. The molecule has 0 saturated carbocycles. The Hall–Kier alpha value is -1.35. The molecule has 1 aliphatic carbocycles. The first-order chi connectivity index (χ1) is 8.76. The highest BCUT2D eigenvalue weighted by molar-refractivity contribution is 7.15. The van der Waals surface area contributed by atoms with Crippen molar-refractivity contribution in [2.75, 3.05) is 5.73 Å². The predicted molar refractivity (Wildman–Crippen MR) is 77.8 cm³/mol. The lowest BCUT2D eigenvalue weighted by Crippen LogP contribution is -2.11. The van der Waals surface area contributed by atoms with Gasteiger partial charge in [-0.3, -0.25) is 0 Å². The van der Waals surface area contributed by atoms with Gasteiger partial charge in [0.1, 0.15) is 5.01 Å². The summed E-state index contributed by atoms with van der Waals surface area (Å²) >= 11 is 1.85. The van der Waals surface area contributed by atoms with Gasteiger partial charge in [-0.2, -0.15) is 0 Å². The van der Waals surface area contributed by atoms with E-state index in [1.54, 1.807) is 0 Å². The van der Waals surface area contributed by atoms with Crippen LogP contribution in [0.3, 0.4) is 0 Å². The number of nitrogens with two attached hydrogens (primary N) is 1. The number of benzene rings is 1. The largest absolute Gasteiger partial charge is 0.399 e. The molecule has 2 aromatic rings. The van der Waals surface area contributed by atoms with Crippen LogP contribution in [0.1, 0.15) is 30.3 Å². The zero-order chi connectivity index (χ0) is 12.5. The van der Waals surface area contributed by atoms with Crippen molar-refractivity contribution < 1.29 is 0 Å². The molecule has 0 saturated heterocycles. The molecule has 0 bridgehead atoms. The van der Waals surface area contributed by atoms with E-state index in [-0.39, 0.29) is 0 Å². The Balaban J connectivity index is 1.94. The van der Waals surface area contributed by atoms with Gasteiger partial charge in [-0.15, -0.1) is 11.3 Å². The fourth-order valence-corrected chi connectivity index (χ4v) is 3.81. The molecule has 0 radical (unpaired) electrons. The molecule has 2 N–H and O–H groups in total. The number of aromatic nitrogens is 1. The van der Waals surface area contributed by atoms with E-state index in [0.717, 1.165) is 28.6 Å². The molecule has 18 heavy (non-hydrogen) atoms. The lowest BCUT2D eigenvalue weighted by Gasteiger charge is -2.18. The van der Waals surface area contributed by atoms with Crippen LogP contribution >= 0.6 is 11.3 Å². The summed E-state index contributed by atoms with van der Waals surface area (Å²) in [6.07, 6.45) is 4.94. The van der Waals surface area contributed by atoms with Crippen molar-refractivity contribution in [3.05, 3.63) is 34.8 Å². The standard InChI is InChI=1S/C15H18N2S/c1-2-10-6-7-13-14(8-10)18-15(17-13)11-4-3-5-12(16)9-11/h3-5,9-10H,2,6-8,16H2,1H3. The Bertz CT molecular complexity index is 559. The topological polar surface area (TPSA) is 38.9 Å². The van der Waals surface area contributed by atoms with Crippen LogP contribution in [0.5, 0.6) is 0 Å². The third-order valence-electron chi connectivity index (χ3n) is 3.75. The molecule has 1 aliphatic rings. The minimum absolute atomic E-state index is 0.812.